The number of nitrogens with zero attached hydrogens (tertiary/aromatic N) is 3. The Balaban J connectivity index is 1.83. The zero-order chi connectivity index (χ0) is 15.2. The van der Waals surface area contributed by atoms with E-state index in [1.165, 1.54) is 11.8 Å². The van der Waals surface area contributed by atoms with Crippen molar-refractivity contribution in [3.05, 3.63) is 29.8 Å². The van der Waals surface area contributed by atoms with Crippen LogP contribution in [-0.4, -0.2) is 45.9 Å². The maximum atomic E-state index is 12.0. The van der Waals surface area contributed by atoms with E-state index >= 15 is 0 Å². The van der Waals surface area contributed by atoms with Crippen LogP contribution in [0.15, 0.2) is 29.4 Å². The molecule has 0 unspecified atom stereocenters. The first-order chi connectivity index (χ1) is 10.1. The van der Waals surface area contributed by atoms with Crippen LogP contribution < -0.4 is 10.5 Å². The van der Waals surface area contributed by atoms with Crippen LogP contribution >= 0.6 is 11.8 Å². The average molecular weight is 307 g/mol. The highest BCUT2D eigenvalue weighted by Crippen LogP contribution is 2.15. The Hall–Kier alpha value is -2.22. The minimum Gasteiger partial charge on any atom is -0.497 e. The molecule has 0 saturated carbocycles. The summed E-state index contributed by atoms with van der Waals surface area (Å²) in [6, 6.07) is 7.62. The molecule has 0 aliphatic carbocycles. The van der Waals surface area contributed by atoms with Crippen LogP contribution in [0.3, 0.4) is 0 Å². The number of hydrogen-bond acceptors (Lipinski definition) is 6. The van der Waals surface area contributed by atoms with Crippen molar-refractivity contribution < 1.29 is 9.53 Å². The average Bonchev–Trinajstić information content (AvgIpc) is 2.91. The van der Waals surface area contributed by atoms with Gasteiger partial charge >= 0.3 is 0 Å². The lowest BCUT2D eigenvalue weighted by atomic mass is 10.2. The second kappa shape index (κ2) is 6.98. The maximum absolute atomic E-state index is 12.0. The van der Waals surface area contributed by atoms with Gasteiger partial charge in [-0.2, -0.15) is 4.98 Å². The minimum atomic E-state index is -0.000750. The summed E-state index contributed by atoms with van der Waals surface area (Å²) < 4.78 is 5.10. The Morgan fingerprint density at radius 3 is 2.71 bits per heavy atom. The fraction of sp³-hybridized carbons (Fsp3) is 0.308. The summed E-state index contributed by atoms with van der Waals surface area (Å²) in [6.45, 7) is 0.541. The molecule has 1 aromatic heterocycles. The van der Waals surface area contributed by atoms with Crippen molar-refractivity contribution in [3.8, 4) is 5.75 Å². The highest BCUT2D eigenvalue weighted by molar-refractivity contribution is 7.99. The van der Waals surface area contributed by atoms with E-state index in [0.717, 1.165) is 11.3 Å². The molecule has 0 aliphatic heterocycles. The number of amides is 1. The number of rotatable bonds is 6. The summed E-state index contributed by atoms with van der Waals surface area (Å²) in [4.78, 5) is 17.6. The lowest BCUT2D eigenvalue weighted by Gasteiger charge is -2.16. The van der Waals surface area contributed by atoms with E-state index in [0.29, 0.717) is 11.7 Å². The first-order valence-corrected chi connectivity index (χ1v) is 7.24. The number of nitrogens with two attached hydrogens (primary N) is 1. The van der Waals surface area contributed by atoms with Gasteiger partial charge < -0.3 is 15.4 Å². The topological polar surface area (TPSA) is 97.1 Å². The quantitative estimate of drug-likeness (QED) is 0.777. The number of methoxy groups -OCH3 is 1. The van der Waals surface area contributed by atoms with Gasteiger partial charge in [-0.05, 0) is 17.7 Å². The highest BCUT2D eigenvalue weighted by Gasteiger charge is 2.11. The van der Waals surface area contributed by atoms with Crippen molar-refractivity contribution in [1.29, 1.82) is 0 Å². The zero-order valence-electron chi connectivity index (χ0n) is 11.9. The molecular weight excluding hydrogens is 290 g/mol. The first-order valence-electron chi connectivity index (χ1n) is 6.26. The number of ether oxygens (including phenoxy) is 1. The van der Waals surface area contributed by atoms with Gasteiger partial charge in [0.15, 0.2) is 0 Å². The van der Waals surface area contributed by atoms with Crippen molar-refractivity contribution in [2.24, 2.45) is 0 Å². The molecule has 0 radical (unpaired) electrons. The lowest BCUT2D eigenvalue weighted by Crippen LogP contribution is -2.27. The fourth-order valence-electron chi connectivity index (χ4n) is 1.65. The third kappa shape index (κ3) is 4.38. The van der Waals surface area contributed by atoms with Crippen LogP contribution in [0, 0.1) is 0 Å². The van der Waals surface area contributed by atoms with Crippen molar-refractivity contribution in [1.82, 2.24) is 20.1 Å². The van der Waals surface area contributed by atoms with Gasteiger partial charge in [-0.25, -0.2) is 5.10 Å². The highest BCUT2D eigenvalue weighted by atomic mass is 32.2. The van der Waals surface area contributed by atoms with E-state index in [-0.39, 0.29) is 17.6 Å². The van der Waals surface area contributed by atoms with E-state index in [4.69, 9.17) is 10.5 Å². The zero-order valence-corrected chi connectivity index (χ0v) is 12.7. The Morgan fingerprint density at radius 2 is 2.14 bits per heavy atom. The number of aromatic amines is 1. The van der Waals surface area contributed by atoms with Crippen LogP contribution in [0.5, 0.6) is 5.75 Å². The lowest BCUT2D eigenvalue weighted by molar-refractivity contribution is -0.127. The van der Waals surface area contributed by atoms with E-state index in [2.05, 4.69) is 15.2 Å². The van der Waals surface area contributed by atoms with Gasteiger partial charge in [0.1, 0.15) is 5.75 Å². The summed E-state index contributed by atoms with van der Waals surface area (Å²) in [7, 11) is 3.39. The molecular formula is C13H17N5O2S. The van der Waals surface area contributed by atoms with Crippen LogP contribution in [0.1, 0.15) is 5.56 Å². The van der Waals surface area contributed by atoms with E-state index in [1.54, 1.807) is 19.1 Å². The molecule has 21 heavy (non-hydrogen) atoms. The molecule has 8 heteroatoms. The molecule has 3 N–H and O–H groups in total. The molecule has 0 aliphatic rings. The number of carbonyl (C=O) groups is 1. The molecule has 0 fully saturated rings. The molecule has 7 nitrogen and oxygen atoms in total. The summed E-state index contributed by atoms with van der Waals surface area (Å²) >= 11 is 1.25. The molecule has 0 spiro atoms. The van der Waals surface area contributed by atoms with Gasteiger partial charge in [-0.15, -0.1) is 5.10 Å². The van der Waals surface area contributed by atoms with Crippen molar-refractivity contribution in [2.75, 3.05) is 25.6 Å². The number of nitrogen functional groups attached to an aromatic ring is 1. The second-order valence-electron chi connectivity index (χ2n) is 4.39. The number of thioether (sulfide) groups is 1. The second-order valence-corrected chi connectivity index (χ2v) is 5.33. The molecule has 1 heterocycles. The maximum Gasteiger partial charge on any atom is 0.233 e. The molecule has 1 aromatic carbocycles. The van der Waals surface area contributed by atoms with Gasteiger partial charge in [-0.3, -0.25) is 4.79 Å². The minimum absolute atomic E-state index is 0.000750. The van der Waals surface area contributed by atoms with Gasteiger partial charge in [0.05, 0.1) is 12.9 Å². The predicted octanol–water partition coefficient (Wildman–Crippen LogP) is 1.15. The smallest absolute Gasteiger partial charge is 0.233 e. The number of anilines is 1. The molecule has 2 aromatic rings. The SMILES string of the molecule is COc1ccc(CN(C)C(=O)CSc2n[nH]c(N)n2)cc1. The summed E-state index contributed by atoms with van der Waals surface area (Å²) in [5.41, 5.74) is 6.46. The van der Waals surface area contributed by atoms with Crippen molar-refractivity contribution in [2.45, 2.75) is 11.7 Å². The van der Waals surface area contributed by atoms with Crippen molar-refractivity contribution in [3.63, 3.8) is 0 Å². The molecule has 0 atom stereocenters. The van der Waals surface area contributed by atoms with Gasteiger partial charge in [-0.1, -0.05) is 23.9 Å². The third-order valence-electron chi connectivity index (χ3n) is 2.81. The Labute approximate surface area is 126 Å². The monoisotopic (exact) mass is 307 g/mol. The molecule has 112 valence electrons. The normalized spacial score (nSPS) is 10.4. The molecule has 0 saturated heterocycles. The first kappa shape index (κ1) is 15.2. The molecule has 0 bridgehead atoms. The van der Waals surface area contributed by atoms with Crippen molar-refractivity contribution >= 4 is 23.6 Å². The van der Waals surface area contributed by atoms with Gasteiger partial charge in [0.2, 0.25) is 17.0 Å². The Kier molecular flexibility index (Phi) is 5.04. The van der Waals surface area contributed by atoms with Crippen LogP contribution in [0.4, 0.5) is 5.95 Å². The standard InChI is InChI=1S/C13H17N5O2S/c1-18(7-9-3-5-10(20-2)6-4-9)11(19)8-21-13-15-12(14)16-17-13/h3-6H,7-8H2,1-2H3,(H3,14,15,16,17). The Morgan fingerprint density at radius 1 is 1.43 bits per heavy atom. The fourth-order valence-corrected chi connectivity index (χ4v) is 2.40. The summed E-state index contributed by atoms with van der Waals surface area (Å²) in [6.07, 6.45) is 0. The summed E-state index contributed by atoms with van der Waals surface area (Å²) in [5, 5.41) is 6.87. The van der Waals surface area contributed by atoms with E-state index in [9.17, 15) is 4.79 Å². The number of H-pyrrole nitrogens is 1. The van der Waals surface area contributed by atoms with Crippen LogP contribution in [0.25, 0.3) is 0 Å². The number of hydrogen-bond donors (Lipinski definition) is 2. The summed E-state index contributed by atoms with van der Waals surface area (Å²) in [5.74, 6) is 1.31. The van der Waals surface area contributed by atoms with Gasteiger partial charge in [0, 0.05) is 13.6 Å². The largest absolute Gasteiger partial charge is 0.497 e. The number of aromatic nitrogens is 3. The Bertz CT molecular complexity index is 599. The molecule has 2 rings (SSSR count). The van der Waals surface area contributed by atoms with E-state index < -0.39 is 0 Å². The molecule has 1 amide bonds. The third-order valence-corrected chi connectivity index (χ3v) is 3.64. The van der Waals surface area contributed by atoms with Crippen LogP contribution in [0.2, 0.25) is 0 Å². The number of nitrogens with one attached hydrogen (secondary N) is 1. The van der Waals surface area contributed by atoms with Gasteiger partial charge in [0.25, 0.3) is 0 Å². The van der Waals surface area contributed by atoms with Crippen LogP contribution in [-0.2, 0) is 11.3 Å². The predicted molar refractivity (Wildman–Crippen MR) is 81.0 cm³/mol. The van der Waals surface area contributed by atoms with E-state index in [1.807, 2.05) is 24.3 Å². The number of carbonyl (C=O) groups excluding carboxylic acids is 1. The number of benzene rings is 1.